The van der Waals surface area contributed by atoms with Crippen molar-refractivity contribution in [3.63, 3.8) is 0 Å². The summed E-state index contributed by atoms with van der Waals surface area (Å²) in [5.41, 5.74) is 2.55. The SMILES string of the molecule is CO[PH](=O)OP(=O)(O)O.c1ccc(-c2ccccc2)cc1. The van der Waals surface area contributed by atoms with Crippen LogP contribution in [0.15, 0.2) is 60.7 Å². The van der Waals surface area contributed by atoms with Gasteiger partial charge in [0, 0.05) is 7.11 Å². The van der Waals surface area contributed by atoms with E-state index in [0.29, 0.717) is 0 Å². The highest BCUT2D eigenvalue weighted by Gasteiger charge is 2.17. The lowest BCUT2D eigenvalue weighted by Crippen LogP contribution is -1.78. The molecule has 0 radical (unpaired) electrons. The molecule has 0 saturated heterocycles. The van der Waals surface area contributed by atoms with Gasteiger partial charge in [0.15, 0.2) is 0 Å². The summed E-state index contributed by atoms with van der Waals surface area (Å²) in [6.07, 6.45) is 0. The van der Waals surface area contributed by atoms with Gasteiger partial charge in [0.05, 0.1) is 0 Å². The molecule has 0 amide bonds. The molecular formula is C13H16O6P2. The summed E-state index contributed by atoms with van der Waals surface area (Å²) in [5.74, 6) is 0. The number of phosphoric acid groups is 1. The molecule has 0 saturated carbocycles. The van der Waals surface area contributed by atoms with E-state index in [-0.39, 0.29) is 0 Å². The summed E-state index contributed by atoms with van der Waals surface area (Å²) in [6.45, 7) is 0. The average Bonchev–Trinajstić information content (AvgIpc) is 2.48. The molecule has 8 heteroatoms. The van der Waals surface area contributed by atoms with E-state index >= 15 is 0 Å². The summed E-state index contributed by atoms with van der Waals surface area (Å²) in [7, 11) is -6.61. The third-order valence-electron chi connectivity index (χ3n) is 2.24. The van der Waals surface area contributed by atoms with Crippen molar-refractivity contribution in [1.82, 2.24) is 0 Å². The van der Waals surface area contributed by atoms with Crippen LogP contribution < -0.4 is 0 Å². The molecule has 2 rings (SSSR count). The van der Waals surface area contributed by atoms with E-state index in [2.05, 4.69) is 57.4 Å². The van der Waals surface area contributed by atoms with Gasteiger partial charge in [-0.05, 0) is 11.1 Å². The van der Waals surface area contributed by atoms with Crippen LogP contribution in [-0.4, -0.2) is 16.9 Å². The van der Waals surface area contributed by atoms with Gasteiger partial charge in [-0.15, -0.1) is 0 Å². The molecule has 1 unspecified atom stereocenters. The van der Waals surface area contributed by atoms with Crippen molar-refractivity contribution in [3.05, 3.63) is 60.7 Å². The summed E-state index contributed by atoms with van der Waals surface area (Å²) in [6, 6.07) is 20.8. The summed E-state index contributed by atoms with van der Waals surface area (Å²) < 4.78 is 27.4. The first-order chi connectivity index (χ1) is 9.92. The molecule has 2 aromatic rings. The minimum Gasteiger partial charge on any atom is -0.314 e. The van der Waals surface area contributed by atoms with Crippen LogP contribution in [0.4, 0.5) is 0 Å². The Morgan fingerprint density at radius 3 is 1.52 bits per heavy atom. The highest BCUT2D eigenvalue weighted by atomic mass is 31.2. The van der Waals surface area contributed by atoms with Crippen LogP contribution in [-0.2, 0) is 18.0 Å². The Balaban J connectivity index is 0.000000222. The van der Waals surface area contributed by atoms with E-state index < -0.39 is 16.1 Å². The number of hydrogen-bond donors (Lipinski definition) is 2. The predicted molar refractivity (Wildman–Crippen MR) is 81.0 cm³/mol. The minimum absolute atomic E-state index is 1.02. The second-order valence-corrected chi connectivity index (χ2v) is 6.39. The molecule has 0 fully saturated rings. The van der Waals surface area contributed by atoms with Crippen LogP contribution in [0, 0.1) is 0 Å². The molecule has 0 aliphatic carbocycles. The van der Waals surface area contributed by atoms with Crippen LogP contribution in [0.2, 0.25) is 0 Å². The van der Waals surface area contributed by atoms with Gasteiger partial charge in [0.25, 0.3) is 0 Å². The molecule has 2 aromatic carbocycles. The van der Waals surface area contributed by atoms with Gasteiger partial charge < -0.3 is 14.3 Å². The average molecular weight is 330 g/mol. The quantitative estimate of drug-likeness (QED) is 0.834. The predicted octanol–water partition coefficient (Wildman–Crippen LogP) is 3.49. The largest absolute Gasteiger partial charge is 0.476 e. The zero-order chi connectivity index (χ0) is 15.7. The van der Waals surface area contributed by atoms with Gasteiger partial charge in [-0.1, -0.05) is 60.7 Å². The van der Waals surface area contributed by atoms with E-state index in [1.165, 1.54) is 11.1 Å². The van der Waals surface area contributed by atoms with Crippen molar-refractivity contribution in [2.75, 3.05) is 7.11 Å². The van der Waals surface area contributed by atoms with Crippen molar-refractivity contribution >= 4 is 16.1 Å². The van der Waals surface area contributed by atoms with Gasteiger partial charge in [0.2, 0.25) is 0 Å². The fourth-order valence-corrected chi connectivity index (χ4v) is 2.47. The first kappa shape index (κ1) is 17.8. The fourth-order valence-electron chi connectivity index (χ4n) is 1.40. The third-order valence-corrected chi connectivity index (χ3v) is 4.12. The number of rotatable bonds is 4. The summed E-state index contributed by atoms with van der Waals surface area (Å²) >= 11 is 0. The van der Waals surface area contributed by atoms with Crippen molar-refractivity contribution in [2.24, 2.45) is 0 Å². The summed E-state index contributed by atoms with van der Waals surface area (Å²) in [5, 5.41) is 0. The molecular weight excluding hydrogens is 314 g/mol. The highest BCUT2D eigenvalue weighted by Crippen LogP contribution is 2.47. The lowest BCUT2D eigenvalue weighted by Gasteiger charge is -2.00. The van der Waals surface area contributed by atoms with Crippen molar-refractivity contribution in [3.8, 4) is 11.1 Å². The van der Waals surface area contributed by atoms with Crippen LogP contribution >= 0.6 is 16.1 Å². The van der Waals surface area contributed by atoms with Crippen molar-refractivity contribution in [2.45, 2.75) is 0 Å². The van der Waals surface area contributed by atoms with Crippen LogP contribution in [0.5, 0.6) is 0 Å². The van der Waals surface area contributed by atoms with Gasteiger partial charge in [-0.3, -0.25) is 4.57 Å². The smallest absolute Gasteiger partial charge is 0.314 e. The molecule has 0 bridgehead atoms. The maximum atomic E-state index is 10.1. The van der Waals surface area contributed by atoms with E-state index in [1.54, 1.807) is 0 Å². The third kappa shape index (κ3) is 7.93. The molecule has 0 aliphatic heterocycles. The van der Waals surface area contributed by atoms with Crippen molar-refractivity contribution < 1.29 is 27.8 Å². The first-order valence-corrected chi connectivity index (χ1v) is 8.61. The normalized spacial score (nSPS) is 12.1. The van der Waals surface area contributed by atoms with E-state index in [1.807, 2.05) is 12.1 Å². The minimum atomic E-state index is -4.63. The van der Waals surface area contributed by atoms with Gasteiger partial charge in [-0.2, -0.15) is 0 Å². The topological polar surface area (TPSA) is 93.1 Å². The number of benzene rings is 2. The van der Waals surface area contributed by atoms with Gasteiger partial charge >= 0.3 is 16.1 Å². The zero-order valence-electron chi connectivity index (χ0n) is 11.2. The Hall–Kier alpha value is -1.26. The Bertz CT molecular complexity index is 559. The van der Waals surface area contributed by atoms with Crippen LogP contribution in [0.3, 0.4) is 0 Å². The zero-order valence-corrected chi connectivity index (χ0v) is 13.1. The molecule has 2 N–H and O–H groups in total. The molecule has 21 heavy (non-hydrogen) atoms. The molecule has 0 spiro atoms. The van der Waals surface area contributed by atoms with Crippen LogP contribution in [0.1, 0.15) is 0 Å². The Labute approximate surface area is 123 Å². The number of hydrogen-bond acceptors (Lipinski definition) is 4. The second kappa shape index (κ2) is 8.90. The molecule has 0 heterocycles. The maximum absolute atomic E-state index is 10.1. The lowest BCUT2D eigenvalue weighted by atomic mass is 10.1. The van der Waals surface area contributed by atoms with E-state index in [4.69, 9.17) is 9.79 Å². The molecule has 1 atom stereocenters. The Kier molecular flexibility index (Phi) is 7.54. The van der Waals surface area contributed by atoms with Gasteiger partial charge in [-0.25, -0.2) is 8.88 Å². The lowest BCUT2D eigenvalue weighted by molar-refractivity contribution is 0.261. The molecule has 0 aliphatic rings. The first-order valence-electron chi connectivity index (χ1n) is 5.86. The molecule has 6 nitrogen and oxygen atoms in total. The van der Waals surface area contributed by atoms with Gasteiger partial charge in [0.1, 0.15) is 0 Å². The highest BCUT2D eigenvalue weighted by molar-refractivity contribution is 7.55. The maximum Gasteiger partial charge on any atom is 0.476 e. The fraction of sp³-hybridized carbons (Fsp3) is 0.0769. The monoisotopic (exact) mass is 330 g/mol. The van der Waals surface area contributed by atoms with E-state index in [0.717, 1.165) is 7.11 Å². The summed E-state index contributed by atoms with van der Waals surface area (Å²) in [4.78, 5) is 15.9. The standard InChI is InChI=1S/C12H10.CH6O6P2/c1-3-7-11(8-4-1)12-9-5-2-6-10-12;1-6-8(2)7-9(3,4)5/h1-10H;8H,1H3,(H2,3,4,5). The Morgan fingerprint density at radius 1 is 0.905 bits per heavy atom. The molecule has 0 aromatic heterocycles. The Morgan fingerprint density at radius 2 is 1.29 bits per heavy atom. The van der Waals surface area contributed by atoms with Crippen molar-refractivity contribution in [1.29, 1.82) is 0 Å². The van der Waals surface area contributed by atoms with Crippen LogP contribution in [0.25, 0.3) is 11.1 Å². The second-order valence-electron chi connectivity index (χ2n) is 3.77. The van der Waals surface area contributed by atoms with E-state index in [9.17, 15) is 9.13 Å². The molecule has 114 valence electrons.